The van der Waals surface area contributed by atoms with E-state index in [1.54, 1.807) is 12.1 Å². The van der Waals surface area contributed by atoms with Crippen LogP contribution in [0, 0.1) is 18.6 Å². The monoisotopic (exact) mass is 328 g/mol. The van der Waals surface area contributed by atoms with Gasteiger partial charge >= 0.3 is 0 Å². The lowest BCUT2D eigenvalue weighted by atomic mass is 10.2. The predicted molar refractivity (Wildman–Crippen MR) is 74.1 cm³/mol. The Morgan fingerprint density at radius 1 is 1.16 bits per heavy atom. The summed E-state index contributed by atoms with van der Waals surface area (Å²) in [4.78, 5) is 3.74. The Balaban J connectivity index is 2.37. The van der Waals surface area contributed by atoms with Crippen molar-refractivity contribution in [2.24, 2.45) is 5.84 Å². The fraction of sp³-hybridized carbons (Fsp3) is 0.0833. The van der Waals surface area contributed by atoms with Crippen LogP contribution in [-0.4, -0.2) is 4.98 Å². The number of nitrogens with zero attached hydrogens (tertiary/aromatic N) is 1. The van der Waals surface area contributed by atoms with E-state index in [1.165, 1.54) is 0 Å². The summed E-state index contributed by atoms with van der Waals surface area (Å²) in [5.41, 5.74) is 3.63. The Labute approximate surface area is 117 Å². The molecule has 4 nitrogen and oxygen atoms in total. The Morgan fingerprint density at radius 2 is 1.84 bits per heavy atom. The molecule has 0 amide bonds. The first-order valence-corrected chi connectivity index (χ1v) is 6.16. The highest BCUT2D eigenvalue weighted by atomic mass is 79.9. The summed E-state index contributed by atoms with van der Waals surface area (Å²) in [5.74, 6) is 3.14. The molecule has 0 fully saturated rings. The molecular weight excluding hydrogens is 318 g/mol. The van der Waals surface area contributed by atoms with E-state index in [0.29, 0.717) is 5.69 Å². The van der Waals surface area contributed by atoms with E-state index in [4.69, 9.17) is 5.84 Å². The van der Waals surface area contributed by atoms with Crippen LogP contribution in [0.4, 0.5) is 26.1 Å². The van der Waals surface area contributed by atoms with E-state index in [2.05, 4.69) is 31.7 Å². The quantitative estimate of drug-likeness (QED) is 0.596. The highest BCUT2D eigenvalue weighted by molar-refractivity contribution is 9.10. The topological polar surface area (TPSA) is 63.0 Å². The van der Waals surface area contributed by atoms with Gasteiger partial charge in [0.15, 0.2) is 23.3 Å². The van der Waals surface area contributed by atoms with Crippen LogP contribution in [-0.2, 0) is 0 Å². The van der Waals surface area contributed by atoms with Crippen molar-refractivity contribution in [2.75, 3.05) is 10.7 Å². The molecule has 0 atom stereocenters. The summed E-state index contributed by atoms with van der Waals surface area (Å²) in [5, 5.41) is 2.80. The van der Waals surface area contributed by atoms with Crippen molar-refractivity contribution < 1.29 is 8.78 Å². The number of aromatic nitrogens is 1. The van der Waals surface area contributed by atoms with Gasteiger partial charge in [-0.1, -0.05) is 15.9 Å². The van der Waals surface area contributed by atoms with Gasteiger partial charge in [0.1, 0.15) is 0 Å². The Kier molecular flexibility index (Phi) is 3.96. The average Bonchev–Trinajstić information content (AvgIpc) is 2.35. The predicted octanol–water partition coefficient (Wildman–Crippen LogP) is 3.46. The highest BCUT2D eigenvalue weighted by Gasteiger charge is 2.12. The summed E-state index contributed by atoms with van der Waals surface area (Å²) in [6.45, 7) is 1.86. The van der Waals surface area contributed by atoms with Crippen molar-refractivity contribution in [1.82, 2.24) is 4.98 Å². The molecular formula is C12H11BrF2N4. The van der Waals surface area contributed by atoms with Crippen molar-refractivity contribution in [3.8, 4) is 0 Å². The molecule has 0 saturated heterocycles. The minimum Gasteiger partial charge on any atom is -0.337 e. The summed E-state index contributed by atoms with van der Waals surface area (Å²) in [6, 6.07) is 6.16. The van der Waals surface area contributed by atoms with E-state index in [0.717, 1.165) is 16.1 Å². The van der Waals surface area contributed by atoms with Gasteiger partial charge in [-0.3, -0.25) is 0 Å². The van der Waals surface area contributed by atoms with Gasteiger partial charge in [-0.05, 0) is 30.7 Å². The Bertz CT molecular complexity index is 619. The van der Waals surface area contributed by atoms with E-state index < -0.39 is 11.6 Å². The third-order valence-corrected chi connectivity index (χ3v) is 3.00. The maximum absolute atomic E-state index is 13.6. The van der Waals surface area contributed by atoms with E-state index in [1.807, 2.05) is 13.0 Å². The molecule has 1 aromatic carbocycles. The molecule has 0 unspecified atom stereocenters. The van der Waals surface area contributed by atoms with Crippen LogP contribution in [0.1, 0.15) is 5.56 Å². The molecule has 0 radical (unpaired) electrons. The van der Waals surface area contributed by atoms with Gasteiger partial charge in [0.2, 0.25) is 0 Å². The Hall–Kier alpha value is -1.73. The lowest BCUT2D eigenvalue weighted by Gasteiger charge is -2.11. The summed E-state index contributed by atoms with van der Waals surface area (Å²) in [6.07, 6.45) is 0. The van der Waals surface area contributed by atoms with Gasteiger partial charge in [-0.25, -0.2) is 19.6 Å². The zero-order chi connectivity index (χ0) is 14.0. The number of hydrazine groups is 1. The second-order valence-electron chi connectivity index (χ2n) is 3.88. The van der Waals surface area contributed by atoms with Crippen molar-refractivity contribution in [1.29, 1.82) is 0 Å². The third kappa shape index (κ3) is 2.99. The first-order chi connectivity index (χ1) is 9.01. The molecule has 0 spiro atoms. The number of rotatable bonds is 3. The first-order valence-electron chi connectivity index (χ1n) is 5.37. The summed E-state index contributed by atoms with van der Waals surface area (Å²) >= 11 is 3.33. The molecule has 0 aliphatic rings. The fourth-order valence-corrected chi connectivity index (χ4v) is 2.03. The standard InChI is InChI=1S/C12H11BrF2N4/c1-6-4-7(13)2-3-10(6)17-11-8(14)5-9(15)12(18-11)19-16/h2-5H,16H2,1H3,(H2,17,18,19). The van der Waals surface area contributed by atoms with Crippen LogP contribution >= 0.6 is 15.9 Å². The summed E-state index contributed by atoms with van der Waals surface area (Å²) < 4.78 is 27.8. The number of nitrogens with two attached hydrogens (primary N) is 1. The molecule has 2 aromatic rings. The minimum atomic E-state index is -0.849. The largest absolute Gasteiger partial charge is 0.337 e. The lowest BCUT2D eigenvalue weighted by molar-refractivity contribution is 0.579. The molecule has 0 aliphatic heterocycles. The zero-order valence-electron chi connectivity index (χ0n) is 9.97. The van der Waals surface area contributed by atoms with E-state index in [-0.39, 0.29) is 11.6 Å². The third-order valence-electron chi connectivity index (χ3n) is 2.51. The number of anilines is 3. The molecule has 0 saturated carbocycles. The number of pyridine rings is 1. The van der Waals surface area contributed by atoms with Crippen LogP contribution in [0.25, 0.3) is 0 Å². The smallest absolute Gasteiger partial charge is 0.178 e. The molecule has 4 N–H and O–H groups in total. The number of nitrogen functional groups attached to an aromatic ring is 1. The number of hydrogen-bond donors (Lipinski definition) is 3. The van der Waals surface area contributed by atoms with Gasteiger partial charge in [-0.15, -0.1) is 0 Å². The maximum Gasteiger partial charge on any atom is 0.178 e. The van der Waals surface area contributed by atoms with Gasteiger partial charge in [0, 0.05) is 16.2 Å². The number of halogens is 3. The van der Waals surface area contributed by atoms with Crippen LogP contribution in [0.3, 0.4) is 0 Å². The molecule has 100 valence electrons. The first kappa shape index (κ1) is 13.7. The number of aryl methyl sites for hydroxylation is 1. The SMILES string of the molecule is Cc1cc(Br)ccc1Nc1nc(NN)c(F)cc1F. The molecule has 2 rings (SSSR count). The molecule has 7 heteroatoms. The van der Waals surface area contributed by atoms with Crippen LogP contribution < -0.4 is 16.6 Å². The van der Waals surface area contributed by atoms with Gasteiger partial charge < -0.3 is 10.7 Å². The molecule has 0 bridgehead atoms. The fourth-order valence-electron chi connectivity index (χ4n) is 1.55. The van der Waals surface area contributed by atoms with E-state index in [9.17, 15) is 8.78 Å². The van der Waals surface area contributed by atoms with Crippen LogP contribution in [0.5, 0.6) is 0 Å². The van der Waals surface area contributed by atoms with Crippen molar-refractivity contribution in [2.45, 2.75) is 6.92 Å². The van der Waals surface area contributed by atoms with Gasteiger partial charge in [0.05, 0.1) is 0 Å². The van der Waals surface area contributed by atoms with Crippen molar-refractivity contribution >= 4 is 33.3 Å². The molecule has 19 heavy (non-hydrogen) atoms. The second-order valence-corrected chi connectivity index (χ2v) is 4.79. The second kappa shape index (κ2) is 5.50. The number of hydrogen-bond acceptors (Lipinski definition) is 4. The molecule has 1 aromatic heterocycles. The van der Waals surface area contributed by atoms with E-state index >= 15 is 0 Å². The maximum atomic E-state index is 13.6. The van der Waals surface area contributed by atoms with Gasteiger partial charge in [0.25, 0.3) is 0 Å². The van der Waals surface area contributed by atoms with Crippen LogP contribution in [0.2, 0.25) is 0 Å². The van der Waals surface area contributed by atoms with Gasteiger partial charge in [-0.2, -0.15) is 0 Å². The number of benzene rings is 1. The van der Waals surface area contributed by atoms with Crippen molar-refractivity contribution in [3.63, 3.8) is 0 Å². The zero-order valence-corrected chi connectivity index (χ0v) is 11.6. The average molecular weight is 329 g/mol. The number of nitrogens with one attached hydrogen (secondary N) is 2. The van der Waals surface area contributed by atoms with Crippen LogP contribution in [0.15, 0.2) is 28.7 Å². The Morgan fingerprint density at radius 3 is 2.47 bits per heavy atom. The molecule has 0 aliphatic carbocycles. The highest BCUT2D eigenvalue weighted by Crippen LogP contribution is 2.26. The molecule has 1 heterocycles. The summed E-state index contributed by atoms with van der Waals surface area (Å²) in [7, 11) is 0. The normalized spacial score (nSPS) is 10.4. The lowest BCUT2D eigenvalue weighted by Crippen LogP contribution is -2.12. The van der Waals surface area contributed by atoms with Crippen molar-refractivity contribution in [3.05, 3.63) is 45.9 Å². The minimum absolute atomic E-state index is 0.0974.